The molecule has 0 aliphatic carbocycles. The van der Waals surface area contributed by atoms with Gasteiger partial charge in [-0.1, -0.05) is 18.2 Å². The van der Waals surface area contributed by atoms with Crippen LogP contribution in [0, 0.1) is 0 Å². The lowest BCUT2D eigenvalue weighted by Crippen LogP contribution is -2.56. The average Bonchev–Trinajstić information content (AvgIpc) is 2.36. The standard InChI is InChI=1S/C13H17N3O4/c1-13(2,11(19)14-8-10(17)18)16-12(20)15-9-6-4-3-5-7-9/h3-7H,8H2,1-2H3,(H,14,19)(H,17,18)(H2,15,16,20). The van der Waals surface area contributed by atoms with E-state index in [4.69, 9.17) is 5.11 Å². The minimum Gasteiger partial charge on any atom is -0.480 e. The second kappa shape index (κ2) is 6.55. The first-order valence-electron chi connectivity index (χ1n) is 5.95. The van der Waals surface area contributed by atoms with Gasteiger partial charge in [-0.3, -0.25) is 9.59 Å². The van der Waals surface area contributed by atoms with Crippen molar-refractivity contribution in [3.63, 3.8) is 0 Å². The molecule has 0 aliphatic rings. The number of para-hydroxylation sites is 1. The van der Waals surface area contributed by atoms with Gasteiger partial charge in [0.05, 0.1) is 0 Å². The van der Waals surface area contributed by atoms with E-state index in [1.165, 1.54) is 13.8 Å². The molecule has 1 rings (SSSR count). The quantitative estimate of drug-likeness (QED) is 0.639. The third kappa shape index (κ3) is 4.97. The van der Waals surface area contributed by atoms with E-state index in [0.717, 1.165) is 0 Å². The highest BCUT2D eigenvalue weighted by Gasteiger charge is 2.29. The number of urea groups is 1. The molecule has 1 aromatic carbocycles. The molecule has 0 unspecified atom stereocenters. The highest BCUT2D eigenvalue weighted by Crippen LogP contribution is 2.07. The number of hydrogen-bond donors (Lipinski definition) is 4. The second-order valence-electron chi connectivity index (χ2n) is 4.65. The molecule has 3 amide bonds. The Morgan fingerprint density at radius 1 is 1.15 bits per heavy atom. The zero-order chi connectivity index (χ0) is 15.2. The number of amides is 3. The number of benzene rings is 1. The summed E-state index contributed by atoms with van der Waals surface area (Å²) in [4.78, 5) is 33.9. The summed E-state index contributed by atoms with van der Waals surface area (Å²) in [7, 11) is 0. The molecule has 0 saturated carbocycles. The van der Waals surface area contributed by atoms with E-state index >= 15 is 0 Å². The van der Waals surface area contributed by atoms with Crippen molar-refractivity contribution < 1.29 is 19.5 Å². The number of carboxylic acids is 1. The van der Waals surface area contributed by atoms with Crippen LogP contribution >= 0.6 is 0 Å². The lowest BCUT2D eigenvalue weighted by atomic mass is 10.1. The Kier molecular flexibility index (Phi) is 5.08. The molecule has 0 fully saturated rings. The fraction of sp³-hybridized carbons (Fsp3) is 0.308. The Balaban J connectivity index is 2.54. The molecular formula is C13H17N3O4. The van der Waals surface area contributed by atoms with Gasteiger partial charge in [0.2, 0.25) is 5.91 Å². The average molecular weight is 279 g/mol. The van der Waals surface area contributed by atoms with Crippen molar-refractivity contribution in [2.24, 2.45) is 0 Å². The van der Waals surface area contributed by atoms with Crippen LogP contribution in [0.2, 0.25) is 0 Å². The van der Waals surface area contributed by atoms with Crippen LogP contribution in [-0.4, -0.2) is 35.1 Å². The summed E-state index contributed by atoms with van der Waals surface area (Å²) in [5.41, 5.74) is -0.638. The van der Waals surface area contributed by atoms with E-state index in [1.54, 1.807) is 24.3 Å². The zero-order valence-electron chi connectivity index (χ0n) is 11.3. The van der Waals surface area contributed by atoms with Gasteiger partial charge in [-0.2, -0.15) is 0 Å². The molecule has 0 saturated heterocycles. The number of carbonyl (C=O) groups is 3. The first-order valence-corrected chi connectivity index (χ1v) is 5.95. The van der Waals surface area contributed by atoms with Crippen LogP contribution in [0.1, 0.15) is 13.8 Å². The number of carbonyl (C=O) groups excluding carboxylic acids is 2. The second-order valence-corrected chi connectivity index (χ2v) is 4.65. The van der Waals surface area contributed by atoms with Crippen LogP contribution in [0.4, 0.5) is 10.5 Å². The van der Waals surface area contributed by atoms with Crippen LogP contribution in [0.3, 0.4) is 0 Å². The molecule has 0 atom stereocenters. The van der Waals surface area contributed by atoms with Crippen LogP contribution in [0.5, 0.6) is 0 Å². The molecule has 4 N–H and O–H groups in total. The van der Waals surface area contributed by atoms with Gasteiger partial charge in [0, 0.05) is 5.69 Å². The van der Waals surface area contributed by atoms with Crippen molar-refractivity contribution in [2.45, 2.75) is 19.4 Å². The molecule has 7 nitrogen and oxygen atoms in total. The van der Waals surface area contributed by atoms with Gasteiger partial charge in [0.1, 0.15) is 12.1 Å². The highest BCUT2D eigenvalue weighted by atomic mass is 16.4. The molecule has 0 heterocycles. The molecule has 1 aromatic rings. The van der Waals surface area contributed by atoms with Crippen molar-refractivity contribution in [1.29, 1.82) is 0 Å². The van der Waals surface area contributed by atoms with E-state index in [9.17, 15) is 14.4 Å². The number of aliphatic carboxylic acids is 1. The maximum absolute atomic E-state index is 11.8. The topological polar surface area (TPSA) is 108 Å². The summed E-state index contributed by atoms with van der Waals surface area (Å²) in [6.45, 7) is 2.47. The van der Waals surface area contributed by atoms with Gasteiger partial charge < -0.3 is 21.1 Å². The predicted octanol–water partition coefficient (Wildman–Crippen LogP) is 0.787. The summed E-state index contributed by atoms with van der Waals surface area (Å²) in [6, 6.07) is 8.20. The maximum atomic E-state index is 11.8. The number of nitrogens with one attached hydrogen (secondary N) is 3. The SMILES string of the molecule is CC(C)(NC(=O)Nc1ccccc1)C(=O)NCC(=O)O. The Hall–Kier alpha value is -2.57. The lowest BCUT2D eigenvalue weighted by Gasteiger charge is -2.24. The number of rotatable bonds is 5. The molecular weight excluding hydrogens is 262 g/mol. The predicted molar refractivity (Wildman–Crippen MR) is 73.3 cm³/mol. The van der Waals surface area contributed by atoms with Gasteiger partial charge in [0.15, 0.2) is 0 Å². The van der Waals surface area contributed by atoms with Gasteiger partial charge >= 0.3 is 12.0 Å². The molecule has 0 radical (unpaired) electrons. The van der Waals surface area contributed by atoms with Gasteiger partial charge in [-0.15, -0.1) is 0 Å². The van der Waals surface area contributed by atoms with Crippen molar-refractivity contribution in [3.05, 3.63) is 30.3 Å². The smallest absolute Gasteiger partial charge is 0.322 e. The summed E-state index contributed by atoms with van der Waals surface area (Å²) in [5.74, 6) is -1.73. The Morgan fingerprint density at radius 3 is 2.30 bits per heavy atom. The molecule has 0 spiro atoms. The number of carboxylic acid groups (broad SMARTS) is 1. The van der Waals surface area contributed by atoms with E-state index in [0.29, 0.717) is 5.69 Å². The van der Waals surface area contributed by atoms with Crippen molar-refractivity contribution in [3.8, 4) is 0 Å². The molecule has 7 heteroatoms. The van der Waals surface area contributed by atoms with Gasteiger partial charge in [-0.25, -0.2) is 4.79 Å². The minimum absolute atomic E-state index is 0.496. The van der Waals surface area contributed by atoms with E-state index < -0.39 is 30.0 Å². The third-order valence-electron chi connectivity index (χ3n) is 2.43. The van der Waals surface area contributed by atoms with Crippen molar-refractivity contribution in [1.82, 2.24) is 10.6 Å². The summed E-state index contributed by atoms with van der Waals surface area (Å²) >= 11 is 0. The molecule has 0 bridgehead atoms. The Bertz CT molecular complexity index is 500. The van der Waals surface area contributed by atoms with Crippen LogP contribution < -0.4 is 16.0 Å². The van der Waals surface area contributed by atoms with Crippen LogP contribution in [0.15, 0.2) is 30.3 Å². The summed E-state index contributed by atoms with van der Waals surface area (Å²) in [5, 5.41) is 15.7. The molecule has 0 aromatic heterocycles. The molecule has 0 aliphatic heterocycles. The van der Waals surface area contributed by atoms with Gasteiger partial charge in [-0.05, 0) is 26.0 Å². The minimum atomic E-state index is -1.23. The fourth-order valence-electron chi connectivity index (χ4n) is 1.40. The van der Waals surface area contributed by atoms with E-state index in [-0.39, 0.29) is 0 Å². The summed E-state index contributed by atoms with van der Waals surface area (Å²) < 4.78 is 0. The number of anilines is 1. The first-order chi connectivity index (χ1) is 9.31. The maximum Gasteiger partial charge on any atom is 0.322 e. The first kappa shape index (κ1) is 15.5. The monoisotopic (exact) mass is 279 g/mol. The summed E-state index contributed by atoms with van der Waals surface area (Å²) in [6.07, 6.45) is 0. The normalized spacial score (nSPS) is 10.5. The highest BCUT2D eigenvalue weighted by molar-refractivity contribution is 5.96. The lowest BCUT2D eigenvalue weighted by molar-refractivity contribution is -0.138. The van der Waals surface area contributed by atoms with Crippen molar-refractivity contribution in [2.75, 3.05) is 11.9 Å². The van der Waals surface area contributed by atoms with E-state index in [2.05, 4.69) is 16.0 Å². The fourth-order valence-corrected chi connectivity index (χ4v) is 1.40. The zero-order valence-corrected chi connectivity index (χ0v) is 11.3. The molecule has 108 valence electrons. The van der Waals surface area contributed by atoms with E-state index in [1.807, 2.05) is 6.07 Å². The number of hydrogen-bond acceptors (Lipinski definition) is 3. The largest absolute Gasteiger partial charge is 0.480 e. The molecule has 20 heavy (non-hydrogen) atoms. The third-order valence-corrected chi connectivity index (χ3v) is 2.43. The Labute approximate surface area is 116 Å². The van der Waals surface area contributed by atoms with Crippen LogP contribution in [0.25, 0.3) is 0 Å². The van der Waals surface area contributed by atoms with Crippen LogP contribution in [-0.2, 0) is 9.59 Å². The van der Waals surface area contributed by atoms with Crippen molar-refractivity contribution >= 4 is 23.6 Å². The Morgan fingerprint density at radius 2 is 1.75 bits per heavy atom. The van der Waals surface area contributed by atoms with Gasteiger partial charge in [0.25, 0.3) is 0 Å².